The zero-order chi connectivity index (χ0) is 22.9. The highest BCUT2D eigenvalue weighted by Gasteiger charge is 2.39. The molecule has 0 spiro atoms. The summed E-state index contributed by atoms with van der Waals surface area (Å²) in [6, 6.07) is 16.0. The van der Waals surface area contributed by atoms with Gasteiger partial charge in [0.2, 0.25) is 0 Å². The van der Waals surface area contributed by atoms with Crippen molar-refractivity contribution >= 4 is 62.7 Å². The third-order valence-electron chi connectivity index (χ3n) is 5.12. The van der Waals surface area contributed by atoms with E-state index in [-0.39, 0.29) is 5.97 Å². The van der Waals surface area contributed by atoms with Gasteiger partial charge >= 0.3 is 5.97 Å². The summed E-state index contributed by atoms with van der Waals surface area (Å²) >= 11 is 9.00. The number of benzene rings is 2. The summed E-state index contributed by atoms with van der Waals surface area (Å²) < 4.78 is 12.3. The Morgan fingerprint density at radius 2 is 1.78 bits per heavy atom. The molecule has 0 unspecified atom stereocenters. The summed E-state index contributed by atoms with van der Waals surface area (Å²) in [5, 5.41) is 3.57. The number of hydrogen-bond acceptors (Lipinski definition) is 7. The van der Waals surface area contributed by atoms with Crippen LogP contribution in [-0.4, -0.2) is 29.6 Å². The second kappa shape index (κ2) is 9.33. The van der Waals surface area contributed by atoms with Crippen molar-refractivity contribution in [2.75, 3.05) is 18.5 Å². The standard InChI is InChI=1S/C25H25NO3S3/c1-5-28-17-14-10-13-16-18(22(30)25(3,4)26-19(16)17)24-31-20(15-11-8-7-9-12-15)21(32-24)23(27)29-6-2/h7-14,26H,5-6H2,1-4H3/b24-18-. The Morgan fingerprint density at radius 3 is 2.47 bits per heavy atom. The lowest BCUT2D eigenvalue weighted by molar-refractivity contribution is -0.137. The van der Waals surface area contributed by atoms with Crippen molar-refractivity contribution in [1.29, 1.82) is 0 Å². The van der Waals surface area contributed by atoms with Crippen LogP contribution in [0.15, 0.2) is 57.7 Å². The lowest BCUT2D eigenvalue weighted by Gasteiger charge is -2.37. The van der Waals surface area contributed by atoms with Crippen LogP contribution >= 0.6 is 35.7 Å². The number of ether oxygens (including phenoxy) is 2. The number of fused-ring (bicyclic) bond motifs is 1. The summed E-state index contributed by atoms with van der Waals surface area (Å²) in [5.74, 6) is 0.496. The Bertz CT molecular complexity index is 1140. The summed E-state index contributed by atoms with van der Waals surface area (Å²) in [6.07, 6.45) is 0. The van der Waals surface area contributed by atoms with Crippen LogP contribution in [0.2, 0.25) is 0 Å². The number of thioether (sulfide) groups is 2. The van der Waals surface area contributed by atoms with Crippen LogP contribution in [0.5, 0.6) is 5.75 Å². The first-order chi connectivity index (χ1) is 15.4. The lowest BCUT2D eigenvalue weighted by Crippen LogP contribution is -2.43. The third-order valence-corrected chi connectivity index (χ3v) is 8.47. The summed E-state index contributed by atoms with van der Waals surface area (Å²) in [5.41, 5.74) is 3.45. The molecule has 2 aromatic rings. The molecule has 0 saturated heterocycles. The van der Waals surface area contributed by atoms with Crippen LogP contribution in [0.1, 0.15) is 38.8 Å². The van der Waals surface area contributed by atoms with Crippen LogP contribution in [0.3, 0.4) is 0 Å². The number of thiocarbonyl (C=S) groups is 1. The SMILES string of the molecule is CCOC(=O)C1=C(c2ccccc2)S/C(=C2/C(=S)C(C)(C)Nc3c(OCC)cccc32)S1. The number of rotatable bonds is 5. The Morgan fingerprint density at radius 1 is 1.03 bits per heavy atom. The van der Waals surface area contributed by atoms with Gasteiger partial charge in [0.15, 0.2) is 0 Å². The molecule has 7 heteroatoms. The zero-order valence-electron chi connectivity index (χ0n) is 18.5. The molecule has 2 aromatic carbocycles. The van der Waals surface area contributed by atoms with Gasteiger partial charge in [-0.15, -0.1) is 0 Å². The number of esters is 1. The molecule has 166 valence electrons. The van der Waals surface area contributed by atoms with Gasteiger partial charge in [-0.2, -0.15) is 0 Å². The van der Waals surface area contributed by atoms with E-state index in [2.05, 4.69) is 25.2 Å². The van der Waals surface area contributed by atoms with E-state index in [0.29, 0.717) is 18.1 Å². The highest BCUT2D eigenvalue weighted by atomic mass is 32.2. The minimum Gasteiger partial charge on any atom is -0.492 e. The summed E-state index contributed by atoms with van der Waals surface area (Å²) in [7, 11) is 0. The van der Waals surface area contributed by atoms with Crippen molar-refractivity contribution in [3.05, 3.63) is 68.8 Å². The second-order valence-electron chi connectivity index (χ2n) is 7.80. The minimum absolute atomic E-state index is 0.304. The van der Waals surface area contributed by atoms with E-state index >= 15 is 0 Å². The van der Waals surface area contributed by atoms with Crippen LogP contribution in [-0.2, 0) is 9.53 Å². The average Bonchev–Trinajstić information content (AvgIpc) is 3.21. The van der Waals surface area contributed by atoms with E-state index in [1.807, 2.05) is 56.3 Å². The number of hydrogen-bond donors (Lipinski definition) is 1. The monoisotopic (exact) mass is 483 g/mol. The van der Waals surface area contributed by atoms with Crippen molar-refractivity contribution < 1.29 is 14.3 Å². The molecule has 2 aliphatic heterocycles. The molecule has 2 heterocycles. The van der Waals surface area contributed by atoms with E-state index in [9.17, 15) is 4.79 Å². The fourth-order valence-electron chi connectivity index (χ4n) is 3.66. The second-order valence-corrected chi connectivity index (χ2v) is 10.5. The Kier molecular flexibility index (Phi) is 6.70. The number of carbonyl (C=O) groups excluding carboxylic acids is 1. The van der Waals surface area contributed by atoms with Gasteiger partial charge in [0, 0.05) is 20.9 Å². The van der Waals surface area contributed by atoms with Crippen LogP contribution < -0.4 is 10.1 Å². The highest BCUT2D eigenvalue weighted by Crippen LogP contribution is 2.58. The maximum absolute atomic E-state index is 12.8. The normalized spacial score (nSPS) is 19.4. The number of nitrogens with one attached hydrogen (secondary N) is 1. The number of carbonyl (C=O) groups is 1. The van der Waals surface area contributed by atoms with E-state index in [4.69, 9.17) is 21.7 Å². The van der Waals surface area contributed by atoms with Crippen LogP contribution in [0, 0.1) is 0 Å². The molecular formula is C25H25NO3S3. The van der Waals surface area contributed by atoms with Gasteiger partial charge in [0.1, 0.15) is 10.7 Å². The number of anilines is 1. The Hall–Kier alpha value is -2.22. The third kappa shape index (κ3) is 4.21. The molecule has 0 saturated carbocycles. The molecule has 4 rings (SSSR count). The first-order valence-electron chi connectivity index (χ1n) is 10.5. The molecule has 0 amide bonds. The van der Waals surface area contributed by atoms with Crippen LogP contribution in [0.25, 0.3) is 10.5 Å². The van der Waals surface area contributed by atoms with Gasteiger partial charge in [-0.3, -0.25) is 0 Å². The predicted octanol–water partition coefficient (Wildman–Crippen LogP) is 6.74. The Balaban J connectivity index is 1.88. The van der Waals surface area contributed by atoms with Gasteiger partial charge in [-0.05, 0) is 39.3 Å². The molecular weight excluding hydrogens is 458 g/mol. The molecule has 0 aromatic heterocycles. The largest absolute Gasteiger partial charge is 0.492 e. The summed E-state index contributed by atoms with van der Waals surface area (Å²) in [6.45, 7) is 8.85. The first kappa shape index (κ1) is 23.0. The summed E-state index contributed by atoms with van der Waals surface area (Å²) in [4.78, 5) is 15.2. The first-order valence-corrected chi connectivity index (χ1v) is 12.6. The molecule has 0 aliphatic carbocycles. The molecule has 0 atom stereocenters. The lowest BCUT2D eigenvalue weighted by atomic mass is 9.85. The topological polar surface area (TPSA) is 47.6 Å². The molecule has 0 radical (unpaired) electrons. The highest BCUT2D eigenvalue weighted by molar-refractivity contribution is 8.32. The van der Waals surface area contributed by atoms with Gasteiger partial charge in [-0.25, -0.2) is 4.79 Å². The fraction of sp³-hybridized carbons (Fsp3) is 0.280. The van der Waals surface area contributed by atoms with Gasteiger partial charge in [0.05, 0.1) is 28.7 Å². The van der Waals surface area contributed by atoms with E-state index < -0.39 is 5.54 Å². The van der Waals surface area contributed by atoms with Gasteiger partial charge in [-0.1, -0.05) is 78.2 Å². The quantitative estimate of drug-likeness (QED) is 0.287. The van der Waals surface area contributed by atoms with E-state index in [1.165, 1.54) is 11.8 Å². The maximum atomic E-state index is 12.8. The van der Waals surface area contributed by atoms with E-state index in [1.54, 1.807) is 11.8 Å². The molecule has 2 aliphatic rings. The van der Waals surface area contributed by atoms with Crippen molar-refractivity contribution in [1.82, 2.24) is 0 Å². The molecule has 0 bridgehead atoms. The van der Waals surface area contributed by atoms with E-state index in [0.717, 1.165) is 42.1 Å². The van der Waals surface area contributed by atoms with Crippen molar-refractivity contribution in [2.24, 2.45) is 0 Å². The molecule has 4 nitrogen and oxygen atoms in total. The van der Waals surface area contributed by atoms with Crippen LogP contribution in [0.4, 0.5) is 5.69 Å². The average molecular weight is 484 g/mol. The zero-order valence-corrected chi connectivity index (χ0v) is 20.9. The van der Waals surface area contributed by atoms with Gasteiger partial charge < -0.3 is 14.8 Å². The minimum atomic E-state index is -0.446. The predicted molar refractivity (Wildman–Crippen MR) is 140 cm³/mol. The Labute approximate surface area is 202 Å². The number of para-hydroxylation sites is 1. The van der Waals surface area contributed by atoms with Crippen molar-refractivity contribution in [3.63, 3.8) is 0 Å². The van der Waals surface area contributed by atoms with Crippen molar-refractivity contribution in [2.45, 2.75) is 33.2 Å². The molecule has 0 fully saturated rings. The maximum Gasteiger partial charge on any atom is 0.346 e. The molecule has 1 N–H and O–H groups in total. The van der Waals surface area contributed by atoms with Gasteiger partial charge in [0.25, 0.3) is 0 Å². The van der Waals surface area contributed by atoms with Crippen molar-refractivity contribution in [3.8, 4) is 5.75 Å². The smallest absolute Gasteiger partial charge is 0.346 e. The molecule has 32 heavy (non-hydrogen) atoms. The fourth-order valence-corrected chi connectivity index (χ4v) is 6.75.